The molecule has 0 radical (unpaired) electrons. The summed E-state index contributed by atoms with van der Waals surface area (Å²) in [6.07, 6.45) is 1.37. The summed E-state index contributed by atoms with van der Waals surface area (Å²) >= 11 is 0. The molecule has 3 aromatic carbocycles. The van der Waals surface area contributed by atoms with Gasteiger partial charge in [-0.1, -0.05) is 35.4 Å². The van der Waals surface area contributed by atoms with Crippen LogP contribution >= 0.6 is 0 Å². The lowest BCUT2D eigenvalue weighted by atomic mass is 10.1. The molecule has 4 rings (SSSR count). The predicted molar refractivity (Wildman–Crippen MR) is 140 cm³/mol. The average Bonchev–Trinajstić information content (AvgIpc) is 2.89. The molecular weight excluding hydrogens is 488 g/mol. The van der Waals surface area contributed by atoms with E-state index in [9.17, 15) is 19.2 Å². The number of hydrogen-bond donors (Lipinski definition) is 1. The summed E-state index contributed by atoms with van der Waals surface area (Å²) in [5.41, 5.74) is 3.98. The van der Waals surface area contributed by atoms with Crippen LogP contribution in [0.4, 0.5) is 10.5 Å². The Kier molecular flexibility index (Phi) is 7.57. The monoisotopic (exact) mass is 514 g/mol. The van der Waals surface area contributed by atoms with Crippen LogP contribution in [0, 0.1) is 13.8 Å². The number of imide groups is 2. The van der Waals surface area contributed by atoms with Gasteiger partial charge < -0.3 is 14.2 Å². The molecule has 3 aromatic rings. The van der Waals surface area contributed by atoms with Crippen LogP contribution in [0.3, 0.4) is 0 Å². The lowest BCUT2D eigenvalue weighted by Crippen LogP contribution is -2.54. The fourth-order valence-corrected chi connectivity index (χ4v) is 4.13. The molecule has 4 amide bonds. The summed E-state index contributed by atoms with van der Waals surface area (Å²) in [7, 11) is 2.74. The highest BCUT2D eigenvalue weighted by Gasteiger charge is 2.36. The molecule has 0 unspecified atom stereocenters. The van der Waals surface area contributed by atoms with Gasteiger partial charge in [-0.25, -0.2) is 14.5 Å². The van der Waals surface area contributed by atoms with Gasteiger partial charge in [-0.2, -0.15) is 0 Å². The van der Waals surface area contributed by atoms with E-state index < -0.39 is 23.8 Å². The SMILES string of the molecule is COC(=O)c1ccc(N2C(=O)NC(=O)/C(=C\c3ccc(OCc4cc(C)cc(C)c4)c(OC)c3)C2=O)cc1. The van der Waals surface area contributed by atoms with Crippen molar-refractivity contribution in [2.75, 3.05) is 19.1 Å². The van der Waals surface area contributed by atoms with Gasteiger partial charge in [0.05, 0.1) is 25.5 Å². The van der Waals surface area contributed by atoms with Crippen molar-refractivity contribution in [3.05, 3.63) is 94.1 Å². The number of urea groups is 1. The molecule has 1 aliphatic heterocycles. The highest BCUT2D eigenvalue weighted by Crippen LogP contribution is 2.31. The summed E-state index contributed by atoms with van der Waals surface area (Å²) in [6, 6.07) is 16.0. The Bertz CT molecular complexity index is 1440. The summed E-state index contributed by atoms with van der Waals surface area (Å²) in [5.74, 6) is -1.28. The number of carbonyl (C=O) groups excluding carboxylic acids is 4. The summed E-state index contributed by atoms with van der Waals surface area (Å²) in [5, 5.41) is 2.18. The van der Waals surface area contributed by atoms with Crippen molar-refractivity contribution < 1.29 is 33.4 Å². The lowest BCUT2D eigenvalue weighted by molar-refractivity contribution is -0.122. The maximum absolute atomic E-state index is 13.2. The lowest BCUT2D eigenvalue weighted by Gasteiger charge is -2.26. The number of aryl methyl sites for hydroxylation is 2. The van der Waals surface area contributed by atoms with Gasteiger partial charge in [-0.15, -0.1) is 0 Å². The molecule has 0 spiro atoms. The quantitative estimate of drug-likeness (QED) is 0.284. The van der Waals surface area contributed by atoms with Crippen LogP contribution in [-0.4, -0.2) is 38.0 Å². The van der Waals surface area contributed by atoms with Crippen LogP contribution in [0.1, 0.15) is 32.6 Å². The Morgan fingerprint density at radius 3 is 2.21 bits per heavy atom. The number of benzene rings is 3. The number of anilines is 1. The highest BCUT2D eigenvalue weighted by molar-refractivity contribution is 6.39. The van der Waals surface area contributed by atoms with E-state index in [1.807, 2.05) is 26.0 Å². The van der Waals surface area contributed by atoms with Crippen LogP contribution in [0.5, 0.6) is 11.5 Å². The first-order chi connectivity index (χ1) is 18.2. The van der Waals surface area contributed by atoms with E-state index in [-0.39, 0.29) is 16.8 Å². The normalized spacial score (nSPS) is 14.4. The number of amides is 4. The number of carbonyl (C=O) groups is 4. The number of nitrogens with one attached hydrogen (secondary N) is 1. The van der Waals surface area contributed by atoms with Crippen molar-refractivity contribution in [1.29, 1.82) is 0 Å². The van der Waals surface area contributed by atoms with Crippen molar-refractivity contribution in [3.63, 3.8) is 0 Å². The minimum Gasteiger partial charge on any atom is -0.493 e. The van der Waals surface area contributed by atoms with Crippen molar-refractivity contribution in [1.82, 2.24) is 5.32 Å². The van der Waals surface area contributed by atoms with E-state index in [0.717, 1.165) is 21.6 Å². The summed E-state index contributed by atoms with van der Waals surface area (Å²) in [6.45, 7) is 4.38. The minimum absolute atomic E-state index is 0.186. The molecule has 0 atom stereocenters. The molecule has 1 N–H and O–H groups in total. The van der Waals surface area contributed by atoms with E-state index in [1.165, 1.54) is 44.6 Å². The van der Waals surface area contributed by atoms with Crippen molar-refractivity contribution in [2.45, 2.75) is 20.5 Å². The third-order valence-electron chi connectivity index (χ3n) is 5.82. The van der Waals surface area contributed by atoms with Gasteiger partial charge in [-0.05, 0) is 67.4 Å². The zero-order valence-corrected chi connectivity index (χ0v) is 21.4. The molecule has 0 aliphatic carbocycles. The molecule has 1 heterocycles. The Balaban J connectivity index is 1.58. The Labute approximate surface area is 219 Å². The summed E-state index contributed by atoms with van der Waals surface area (Å²) in [4.78, 5) is 50.7. The molecular formula is C29H26N2O7. The second-order valence-electron chi connectivity index (χ2n) is 8.69. The fraction of sp³-hybridized carbons (Fsp3) is 0.172. The van der Waals surface area contributed by atoms with E-state index in [2.05, 4.69) is 16.1 Å². The molecule has 194 valence electrons. The van der Waals surface area contributed by atoms with E-state index in [1.54, 1.807) is 18.2 Å². The van der Waals surface area contributed by atoms with Crippen LogP contribution in [0.2, 0.25) is 0 Å². The maximum atomic E-state index is 13.2. The molecule has 1 aliphatic rings. The molecule has 1 saturated heterocycles. The molecule has 38 heavy (non-hydrogen) atoms. The van der Waals surface area contributed by atoms with Crippen molar-refractivity contribution in [3.8, 4) is 11.5 Å². The zero-order valence-electron chi connectivity index (χ0n) is 21.4. The van der Waals surface area contributed by atoms with Crippen LogP contribution in [-0.2, 0) is 20.9 Å². The molecule has 9 nitrogen and oxygen atoms in total. The minimum atomic E-state index is -0.893. The standard InChI is InChI=1S/C29H26N2O7/c1-17-11-18(2)13-20(12-17)16-38-24-10-5-19(15-25(24)36-3)14-23-26(32)30-29(35)31(27(23)33)22-8-6-21(7-9-22)28(34)37-4/h5-15H,16H2,1-4H3,(H,30,32,35)/b23-14+. The van der Waals surface area contributed by atoms with Gasteiger partial charge in [0, 0.05) is 0 Å². The second-order valence-corrected chi connectivity index (χ2v) is 8.69. The fourth-order valence-electron chi connectivity index (χ4n) is 4.13. The van der Waals surface area contributed by atoms with Gasteiger partial charge in [0.1, 0.15) is 12.2 Å². The zero-order chi connectivity index (χ0) is 27.4. The van der Waals surface area contributed by atoms with Gasteiger partial charge >= 0.3 is 12.0 Å². The van der Waals surface area contributed by atoms with E-state index in [0.29, 0.717) is 23.7 Å². The number of esters is 1. The number of ether oxygens (including phenoxy) is 3. The number of barbiturate groups is 1. The molecule has 0 aromatic heterocycles. The molecule has 0 saturated carbocycles. The number of rotatable bonds is 7. The molecule has 0 bridgehead atoms. The first kappa shape index (κ1) is 26.2. The van der Waals surface area contributed by atoms with Crippen LogP contribution in [0.15, 0.2) is 66.2 Å². The van der Waals surface area contributed by atoms with Gasteiger partial charge in [0.2, 0.25) is 0 Å². The maximum Gasteiger partial charge on any atom is 0.337 e. The predicted octanol–water partition coefficient (Wildman–Crippen LogP) is 4.34. The van der Waals surface area contributed by atoms with Gasteiger partial charge in [-0.3, -0.25) is 14.9 Å². The largest absolute Gasteiger partial charge is 0.493 e. The van der Waals surface area contributed by atoms with Crippen LogP contribution < -0.4 is 19.7 Å². The van der Waals surface area contributed by atoms with Crippen molar-refractivity contribution in [2.24, 2.45) is 0 Å². The van der Waals surface area contributed by atoms with E-state index in [4.69, 9.17) is 9.47 Å². The molecule has 1 fully saturated rings. The summed E-state index contributed by atoms with van der Waals surface area (Å²) < 4.78 is 16.1. The molecule has 9 heteroatoms. The van der Waals surface area contributed by atoms with Gasteiger partial charge in [0.25, 0.3) is 11.8 Å². The Morgan fingerprint density at radius 2 is 1.58 bits per heavy atom. The Morgan fingerprint density at radius 1 is 0.895 bits per heavy atom. The Hall–Kier alpha value is -4.92. The first-order valence-corrected chi connectivity index (χ1v) is 11.7. The third-order valence-corrected chi connectivity index (χ3v) is 5.82. The number of hydrogen-bond acceptors (Lipinski definition) is 7. The topological polar surface area (TPSA) is 111 Å². The van der Waals surface area contributed by atoms with Crippen LogP contribution in [0.25, 0.3) is 6.08 Å². The highest BCUT2D eigenvalue weighted by atomic mass is 16.5. The van der Waals surface area contributed by atoms with Gasteiger partial charge in [0.15, 0.2) is 11.5 Å². The third kappa shape index (κ3) is 5.57. The van der Waals surface area contributed by atoms with E-state index >= 15 is 0 Å². The first-order valence-electron chi connectivity index (χ1n) is 11.7. The average molecular weight is 515 g/mol. The second kappa shape index (κ2) is 11.0. The van der Waals surface area contributed by atoms with Crippen molar-refractivity contribution >= 4 is 35.6 Å². The number of nitrogens with zero attached hydrogens (tertiary/aromatic N) is 1. The smallest absolute Gasteiger partial charge is 0.337 e. The number of methoxy groups -OCH3 is 2.